The molecule has 0 aromatic carbocycles. The van der Waals surface area contributed by atoms with Gasteiger partial charge in [-0.2, -0.15) is 17.4 Å². The molecule has 3 rings (SSSR count). The molecule has 2 aliphatic heterocycles. The fourth-order valence-corrected chi connectivity index (χ4v) is 4.46. The van der Waals surface area contributed by atoms with Gasteiger partial charge in [0, 0.05) is 38.3 Å². The van der Waals surface area contributed by atoms with Gasteiger partial charge < -0.3 is 10.2 Å². The maximum absolute atomic E-state index is 12.3. The number of rotatable bonds is 4. The summed E-state index contributed by atoms with van der Waals surface area (Å²) in [4.78, 5) is 2.51. The summed E-state index contributed by atoms with van der Waals surface area (Å²) in [5.74, 6) is 0. The van der Waals surface area contributed by atoms with Crippen LogP contribution < -0.4 is 10.0 Å². The Morgan fingerprint density at radius 1 is 0.947 bits per heavy atom. The summed E-state index contributed by atoms with van der Waals surface area (Å²) in [6, 6.07) is 0.917. The van der Waals surface area contributed by atoms with Crippen LogP contribution in [-0.2, 0) is 10.2 Å². The van der Waals surface area contributed by atoms with Crippen LogP contribution in [0.2, 0.25) is 0 Å². The summed E-state index contributed by atoms with van der Waals surface area (Å²) in [6.07, 6.45) is 4.55. The molecule has 110 valence electrons. The van der Waals surface area contributed by atoms with Crippen LogP contribution in [0.5, 0.6) is 0 Å². The lowest BCUT2D eigenvalue weighted by Gasteiger charge is -2.34. The first-order chi connectivity index (χ1) is 9.15. The van der Waals surface area contributed by atoms with Crippen molar-refractivity contribution in [1.29, 1.82) is 0 Å². The van der Waals surface area contributed by atoms with Crippen LogP contribution in [0, 0.1) is 0 Å². The molecule has 0 bridgehead atoms. The zero-order valence-corrected chi connectivity index (χ0v) is 12.2. The molecule has 2 saturated heterocycles. The van der Waals surface area contributed by atoms with Crippen LogP contribution in [0.3, 0.4) is 0 Å². The van der Waals surface area contributed by atoms with E-state index < -0.39 is 10.2 Å². The minimum Gasteiger partial charge on any atom is -0.314 e. The Morgan fingerprint density at radius 2 is 1.58 bits per heavy atom. The van der Waals surface area contributed by atoms with Gasteiger partial charge >= 0.3 is 0 Å². The molecule has 1 saturated carbocycles. The molecule has 6 nitrogen and oxygen atoms in total. The summed E-state index contributed by atoms with van der Waals surface area (Å²) < 4.78 is 29.0. The first-order valence-corrected chi connectivity index (χ1v) is 8.81. The van der Waals surface area contributed by atoms with E-state index in [-0.39, 0.29) is 6.04 Å². The third-order valence-corrected chi connectivity index (χ3v) is 6.00. The first kappa shape index (κ1) is 13.8. The van der Waals surface area contributed by atoms with Crippen molar-refractivity contribution in [3.8, 4) is 0 Å². The SMILES string of the molecule is O=S(=O)(NC1CCN(C2CC2)CC1)N1CCNCC1. The number of hydrogen-bond acceptors (Lipinski definition) is 4. The smallest absolute Gasteiger partial charge is 0.279 e. The molecule has 19 heavy (non-hydrogen) atoms. The molecule has 3 aliphatic rings. The highest BCUT2D eigenvalue weighted by Gasteiger charge is 2.33. The maximum Gasteiger partial charge on any atom is 0.279 e. The van der Waals surface area contributed by atoms with Gasteiger partial charge in [0.05, 0.1) is 0 Å². The fourth-order valence-electron chi connectivity index (χ4n) is 2.99. The van der Waals surface area contributed by atoms with Crippen LogP contribution in [0.1, 0.15) is 25.7 Å². The van der Waals surface area contributed by atoms with Crippen LogP contribution in [0.15, 0.2) is 0 Å². The van der Waals surface area contributed by atoms with Gasteiger partial charge in [-0.25, -0.2) is 0 Å². The van der Waals surface area contributed by atoms with Gasteiger partial charge in [0.25, 0.3) is 10.2 Å². The molecule has 0 atom stereocenters. The number of piperazine rings is 1. The van der Waals surface area contributed by atoms with E-state index in [2.05, 4.69) is 14.9 Å². The Kier molecular flexibility index (Phi) is 4.09. The first-order valence-electron chi connectivity index (χ1n) is 7.37. The van der Waals surface area contributed by atoms with E-state index in [1.807, 2.05) is 0 Å². The van der Waals surface area contributed by atoms with E-state index in [0.29, 0.717) is 13.1 Å². The Morgan fingerprint density at radius 3 is 2.16 bits per heavy atom. The molecule has 0 spiro atoms. The van der Waals surface area contributed by atoms with E-state index >= 15 is 0 Å². The van der Waals surface area contributed by atoms with E-state index in [4.69, 9.17) is 0 Å². The predicted molar refractivity (Wildman–Crippen MR) is 74.1 cm³/mol. The van der Waals surface area contributed by atoms with Gasteiger partial charge in [-0.1, -0.05) is 0 Å². The molecule has 1 aliphatic carbocycles. The topological polar surface area (TPSA) is 64.7 Å². The summed E-state index contributed by atoms with van der Waals surface area (Å²) in [5.41, 5.74) is 0. The van der Waals surface area contributed by atoms with E-state index in [1.165, 1.54) is 12.8 Å². The van der Waals surface area contributed by atoms with Crippen LogP contribution >= 0.6 is 0 Å². The Hall–Kier alpha value is -0.210. The molecule has 0 aromatic heterocycles. The summed E-state index contributed by atoms with van der Waals surface area (Å²) in [6.45, 7) is 4.74. The van der Waals surface area contributed by atoms with Crippen molar-refractivity contribution < 1.29 is 8.42 Å². The van der Waals surface area contributed by atoms with Gasteiger partial charge in [0.2, 0.25) is 0 Å². The minimum absolute atomic E-state index is 0.120. The Labute approximate surface area is 115 Å². The molecule has 2 heterocycles. The van der Waals surface area contributed by atoms with Gasteiger partial charge in [-0.15, -0.1) is 0 Å². The zero-order chi connectivity index (χ0) is 13.3. The monoisotopic (exact) mass is 288 g/mol. The lowest BCUT2D eigenvalue weighted by molar-refractivity contribution is 0.197. The normalized spacial score (nSPS) is 28.6. The van der Waals surface area contributed by atoms with Gasteiger partial charge in [-0.3, -0.25) is 0 Å². The minimum atomic E-state index is -3.28. The molecular formula is C12H24N4O2S. The average molecular weight is 288 g/mol. The molecule has 0 radical (unpaired) electrons. The molecule has 0 amide bonds. The van der Waals surface area contributed by atoms with Crippen LogP contribution in [0.4, 0.5) is 0 Å². The number of nitrogens with zero attached hydrogens (tertiary/aromatic N) is 2. The molecule has 2 N–H and O–H groups in total. The molecule has 0 unspecified atom stereocenters. The third kappa shape index (κ3) is 3.46. The van der Waals surface area contributed by atoms with Crippen LogP contribution in [-0.4, -0.2) is 69.0 Å². The number of nitrogens with one attached hydrogen (secondary N) is 2. The molecule has 3 fully saturated rings. The summed E-state index contributed by atoms with van der Waals surface area (Å²) in [5, 5.41) is 3.18. The highest BCUT2D eigenvalue weighted by Crippen LogP contribution is 2.29. The Bertz CT molecular complexity index is 396. The zero-order valence-electron chi connectivity index (χ0n) is 11.3. The van der Waals surface area contributed by atoms with Crippen molar-refractivity contribution in [3.63, 3.8) is 0 Å². The highest BCUT2D eigenvalue weighted by molar-refractivity contribution is 7.87. The molecule has 0 aromatic rings. The van der Waals surface area contributed by atoms with Crippen LogP contribution in [0.25, 0.3) is 0 Å². The van der Waals surface area contributed by atoms with Crippen molar-refractivity contribution in [2.45, 2.75) is 37.8 Å². The van der Waals surface area contributed by atoms with E-state index in [1.54, 1.807) is 4.31 Å². The molecular weight excluding hydrogens is 264 g/mol. The lowest BCUT2D eigenvalue weighted by Crippen LogP contribution is -2.54. The van der Waals surface area contributed by atoms with Gasteiger partial charge in [-0.05, 0) is 38.8 Å². The summed E-state index contributed by atoms with van der Waals surface area (Å²) in [7, 11) is -3.28. The highest BCUT2D eigenvalue weighted by atomic mass is 32.2. The van der Waals surface area contributed by atoms with Crippen molar-refractivity contribution in [1.82, 2.24) is 19.2 Å². The van der Waals surface area contributed by atoms with E-state index in [9.17, 15) is 8.42 Å². The second-order valence-electron chi connectivity index (χ2n) is 5.81. The number of piperidine rings is 1. The van der Waals surface area contributed by atoms with Gasteiger partial charge in [0.1, 0.15) is 0 Å². The molecule has 7 heteroatoms. The fraction of sp³-hybridized carbons (Fsp3) is 1.00. The lowest BCUT2D eigenvalue weighted by atomic mass is 10.1. The van der Waals surface area contributed by atoms with Crippen molar-refractivity contribution in [3.05, 3.63) is 0 Å². The maximum atomic E-state index is 12.3. The quantitative estimate of drug-likeness (QED) is 0.722. The number of likely N-dealkylation sites (tertiary alicyclic amines) is 1. The predicted octanol–water partition coefficient (Wildman–Crippen LogP) is -0.647. The average Bonchev–Trinajstić information content (AvgIpc) is 3.25. The largest absolute Gasteiger partial charge is 0.314 e. The number of hydrogen-bond donors (Lipinski definition) is 2. The second-order valence-corrected chi connectivity index (χ2v) is 7.52. The van der Waals surface area contributed by atoms with Crippen molar-refractivity contribution in [2.75, 3.05) is 39.3 Å². The second kappa shape index (κ2) is 5.65. The standard InChI is InChI=1S/C12H24N4O2S/c17-19(18,16-9-5-13-6-10-16)14-11-3-7-15(8-4-11)12-1-2-12/h11-14H,1-10H2. The van der Waals surface area contributed by atoms with Gasteiger partial charge in [0.15, 0.2) is 0 Å². The van der Waals surface area contributed by atoms with Crippen molar-refractivity contribution in [2.24, 2.45) is 0 Å². The van der Waals surface area contributed by atoms with Crippen molar-refractivity contribution >= 4 is 10.2 Å². The third-order valence-electron chi connectivity index (χ3n) is 4.32. The Balaban J connectivity index is 1.50. The summed E-state index contributed by atoms with van der Waals surface area (Å²) >= 11 is 0. The van der Waals surface area contributed by atoms with E-state index in [0.717, 1.165) is 45.1 Å².